The van der Waals surface area contributed by atoms with Crippen LogP contribution in [-0.4, -0.2) is 36.3 Å². The van der Waals surface area contributed by atoms with E-state index in [2.05, 4.69) is 26.6 Å². The maximum Gasteiger partial charge on any atom is 0.253 e. The third-order valence-corrected chi connectivity index (χ3v) is 4.95. The maximum absolute atomic E-state index is 13.7. The van der Waals surface area contributed by atoms with E-state index in [1.54, 1.807) is 24.3 Å². The number of nitrogens with zero attached hydrogens (tertiary/aromatic N) is 1. The molecule has 1 heterocycles. The van der Waals surface area contributed by atoms with Crippen LogP contribution in [0.4, 0.5) is 10.1 Å². The molecule has 27 heavy (non-hydrogen) atoms. The van der Waals surface area contributed by atoms with Crippen LogP contribution < -0.4 is 10.6 Å². The lowest BCUT2D eigenvalue weighted by molar-refractivity contribution is -0.119. The standard InChI is InChI=1S/C20H21BrFN3O2/c21-16-7-8-18(17(22)11-16)23-13-19(26)24-12-14-3-5-15(6-4-14)20(27)25-9-1-2-10-25/h3-8,11,23H,1-2,9-10,12-13H2,(H,24,26). The van der Waals surface area contributed by atoms with Crippen molar-refractivity contribution in [2.45, 2.75) is 19.4 Å². The lowest BCUT2D eigenvalue weighted by Crippen LogP contribution is -2.29. The van der Waals surface area contributed by atoms with Gasteiger partial charge in [0.2, 0.25) is 5.91 Å². The van der Waals surface area contributed by atoms with Gasteiger partial charge in [-0.25, -0.2) is 4.39 Å². The highest BCUT2D eigenvalue weighted by Crippen LogP contribution is 2.19. The van der Waals surface area contributed by atoms with Gasteiger partial charge in [0, 0.05) is 29.7 Å². The van der Waals surface area contributed by atoms with E-state index in [1.807, 2.05) is 17.0 Å². The minimum atomic E-state index is -0.421. The second kappa shape index (κ2) is 8.99. The molecule has 7 heteroatoms. The van der Waals surface area contributed by atoms with Crippen LogP contribution in [0.3, 0.4) is 0 Å². The van der Waals surface area contributed by atoms with Crippen LogP contribution >= 0.6 is 15.9 Å². The summed E-state index contributed by atoms with van der Waals surface area (Å²) in [6, 6.07) is 11.9. The number of hydrogen-bond acceptors (Lipinski definition) is 3. The van der Waals surface area contributed by atoms with E-state index in [4.69, 9.17) is 0 Å². The molecule has 0 unspecified atom stereocenters. The predicted molar refractivity (Wildman–Crippen MR) is 106 cm³/mol. The van der Waals surface area contributed by atoms with E-state index in [-0.39, 0.29) is 24.0 Å². The topological polar surface area (TPSA) is 61.4 Å². The first kappa shape index (κ1) is 19.4. The van der Waals surface area contributed by atoms with Gasteiger partial charge < -0.3 is 15.5 Å². The molecule has 0 spiro atoms. The molecule has 0 atom stereocenters. The summed E-state index contributed by atoms with van der Waals surface area (Å²) in [7, 11) is 0. The average Bonchev–Trinajstić information content (AvgIpc) is 3.20. The SMILES string of the molecule is O=C(CNc1ccc(Br)cc1F)NCc1ccc(C(=O)N2CCCC2)cc1. The minimum Gasteiger partial charge on any atom is -0.374 e. The number of anilines is 1. The van der Waals surface area contributed by atoms with Crippen molar-refractivity contribution in [2.75, 3.05) is 25.0 Å². The van der Waals surface area contributed by atoms with Crippen molar-refractivity contribution < 1.29 is 14.0 Å². The second-order valence-electron chi connectivity index (χ2n) is 6.45. The van der Waals surface area contributed by atoms with Gasteiger partial charge >= 0.3 is 0 Å². The minimum absolute atomic E-state index is 0.0237. The van der Waals surface area contributed by atoms with Crippen LogP contribution in [0.25, 0.3) is 0 Å². The number of carbonyl (C=O) groups excluding carboxylic acids is 2. The highest BCUT2D eigenvalue weighted by molar-refractivity contribution is 9.10. The maximum atomic E-state index is 13.7. The summed E-state index contributed by atoms with van der Waals surface area (Å²) in [5.41, 5.74) is 1.84. The summed E-state index contributed by atoms with van der Waals surface area (Å²) in [4.78, 5) is 26.1. The predicted octanol–water partition coefficient (Wildman–Crippen LogP) is 3.55. The largest absolute Gasteiger partial charge is 0.374 e. The fraction of sp³-hybridized carbons (Fsp3) is 0.300. The van der Waals surface area contributed by atoms with Crippen molar-refractivity contribution in [3.8, 4) is 0 Å². The normalized spacial score (nSPS) is 13.5. The Labute approximate surface area is 166 Å². The summed E-state index contributed by atoms with van der Waals surface area (Å²) in [6.45, 7) is 1.97. The molecular formula is C20H21BrFN3O2. The molecule has 2 aromatic rings. The highest BCUT2D eigenvalue weighted by atomic mass is 79.9. The molecule has 2 amide bonds. The Bertz CT molecular complexity index is 820. The Kier molecular flexibility index (Phi) is 6.45. The van der Waals surface area contributed by atoms with E-state index < -0.39 is 5.82 Å². The number of carbonyl (C=O) groups is 2. The van der Waals surface area contributed by atoms with Gasteiger partial charge in [-0.1, -0.05) is 28.1 Å². The first-order valence-electron chi connectivity index (χ1n) is 8.87. The molecule has 0 aliphatic carbocycles. The summed E-state index contributed by atoms with van der Waals surface area (Å²) >= 11 is 3.19. The Balaban J connectivity index is 1.46. The van der Waals surface area contributed by atoms with Crippen LogP contribution in [0.1, 0.15) is 28.8 Å². The lowest BCUT2D eigenvalue weighted by atomic mass is 10.1. The fourth-order valence-corrected chi connectivity index (χ4v) is 3.27. The molecule has 1 aliphatic rings. The lowest BCUT2D eigenvalue weighted by Gasteiger charge is -2.15. The van der Waals surface area contributed by atoms with Crippen molar-refractivity contribution in [1.82, 2.24) is 10.2 Å². The Morgan fingerprint density at radius 2 is 1.78 bits per heavy atom. The van der Waals surface area contributed by atoms with Crippen molar-refractivity contribution in [3.63, 3.8) is 0 Å². The fourth-order valence-electron chi connectivity index (χ4n) is 2.94. The van der Waals surface area contributed by atoms with Crippen molar-refractivity contribution in [3.05, 3.63) is 63.9 Å². The molecule has 0 saturated carbocycles. The highest BCUT2D eigenvalue weighted by Gasteiger charge is 2.19. The second-order valence-corrected chi connectivity index (χ2v) is 7.37. The van der Waals surface area contributed by atoms with Gasteiger partial charge in [0.05, 0.1) is 12.2 Å². The monoisotopic (exact) mass is 433 g/mol. The molecular weight excluding hydrogens is 413 g/mol. The Hall–Kier alpha value is -2.41. The Morgan fingerprint density at radius 3 is 2.44 bits per heavy atom. The quantitative estimate of drug-likeness (QED) is 0.731. The average molecular weight is 434 g/mol. The zero-order chi connectivity index (χ0) is 19.2. The van der Waals surface area contributed by atoms with Crippen molar-refractivity contribution >= 4 is 33.4 Å². The van der Waals surface area contributed by atoms with Gasteiger partial charge in [0.1, 0.15) is 5.82 Å². The van der Waals surface area contributed by atoms with Crippen molar-refractivity contribution in [1.29, 1.82) is 0 Å². The molecule has 3 rings (SSSR count). The smallest absolute Gasteiger partial charge is 0.253 e. The van der Waals surface area contributed by atoms with Crippen LogP contribution in [0.2, 0.25) is 0 Å². The van der Waals surface area contributed by atoms with Gasteiger partial charge in [0.25, 0.3) is 5.91 Å². The van der Waals surface area contributed by atoms with Crippen molar-refractivity contribution in [2.24, 2.45) is 0 Å². The number of amides is 2. The number of benzene rings is 2. The summed E-state index contributed by atoms with van der Waals surface area (Å²) < 4.78 is 14.4. The first-order valence-corrected chi connectivity index (χ1v) is 9.66. The first-order chi connectivity index (χ1) is 13.0. The van der Waals surface area contributed by atoms with E-state index in [0.717, 1.165) is 31.5 Å². The zero-order valence-corrected chi connectivity index (χ0v) is 16.4. The van der Waals surface area contributed by atoms with E-state index in [0.29, 0.717) is 16.6 Å². The molecule has 2 aromatic carbocycles. The van der Waals surface area contributed by atoms with Crippen LogP contribution in [0.15, 0.2) is 46.9 Å². The van der Waals surface area contributed by atoms with Crippen LogP contribution in [-0.2, 0) is 11.3 Å². The van der Waals surface area contributed by atoms with Gasteiger partial charge in [0.15, 0.2) is 0 Å². The molecule has 1 fully saturated rings. The molecule has 2 N–H and O–H groups in total. The molecule has 5 nitrogen and oxygen atoms in total. The zero-order valence-electron chi connectivity index (χ0n) is 14.8. The number of halogens is 2. The molecule has 0 bridgehead atoms. The van der Waals surface area contributed by atoms with Gasteiger partial charge in [-0.3, -0.25) is 9.59 Å². The number of rotatable bonds is 6. The van der Waals surface area contributed by atoms with E-state index >= 15 is 0 Å². The molecule has 0 aromatic heterocycles. The number of likely N-dealkylation sites (tertiary alicyclic amines) is 1. The molecule has 1 saturated heterocycles. The van der Waals surface area contributed by atoms with E-state index in [9.17, 15) is 14.0 Å². The molecule has 1 aliphatic heterocycles. The van der Waals surface area contributed by atoms with Gasteiger partial charge in [-0.15, -0.1) is 0 Å². The van der Waals surface area contributed by atoms with Gasteiger partial charge in [-0.2, -0.15) is 0 Å². The number of nitrogens with one attached hydrogen (secondary N) is 2. The summed E-state index contributed by atoms with van der Waals surface area (Å²) in [5, 5.41) is 5.55. The number of hydrogen-bond donors (Lipinski definition) is 2. The van der Waals surface area contributed by atoms with Crippen LogP contribution in [0, 0.1) is 5.82 Å². The molecule has 142 valence electrons. The third-order valence-electron chi connectivity index (χ3n) is 4.45. The van der Waals surface area contributed by atoms with Gasteiger partial charge in [-0.05, 0) is 48.7 Å². The third kappa shape index (κ3) is 5.29. The van der Waals surface area contributed by atoms with Crippen LogP contribution in [0.5, 0.6) is 0 Å². The van der Waals surface area contributed by atoms with E-state index in [1.165, 1.54) is 6.07 Å². The molecule has 0 radical (unpaired) electrons. The summed E-state index contributed by atoms with van der Waals surface area (Å²) in [5.74, 6) is -0.603. The summed E-state index contributed by atoms with van der Waals surface area (Å²) in [6.07, 6.45) is 2.13. The Morgan fingerprint density at radius 1 is 1.07 bits per heavy atom.